The number of benzene rings is 1. The average Bonchev–Trinajstić information content (AvgIpc) is 3.31. The molecule has 0 saturated carbocycles. The van der Waals surface area contributed by atoms with Gasteiger partial charge in [-0.25, -0.2) is 0 Å². The van der Waals surface area contributed by atoms with Crippen molar-refractivity contribution in [1.82, 2.24) is 25.0 Å². The lowest BCUT2D eigenvalue weighted by molar-refractivity contribution is 0.0714. The Morgan fingerprint density at radius 2 is 2.21 bits per heavy atom. The van der Waals surface area contributed by atoms with Crippen molar-refractivity contribution in [2.75, 3.05) is 26.7 Å². The summed E-state index contributed by atoms with van der Waals surface area (Å²) >= 11 is 3.51. The molecule has 0 bridgehead atoms. The fraction of sp³-hybridized carbons (Fsp3) is 0.316. The van der Waals surface area contributed by atoms with E-state index in [9.17, 15) is 9.59 Å². The van der Waals surface area contributed by atoms with Gasteiger partial charge in [0.25, 0.3) is 11.8 Å². The lowest BCUT2D eigenvalue weighted by atomic mass is 10.0. The molecule has 0 aliphatic carbocycles. The molecule has 28 heavy (non-hydrogen) atoms. The van der Waals surface area contributed by atoms with Crippen molar-refractivity contribution in [3.8, 4) is 0 Å². The second-order valence-electron chi connectivity index (χ2n) is 6.84. The number of nitrogens with one attached hydrogen (secondary N) is 2. The van der Waals surface area contributed by atoms with Crippen LogP contribution in [0.1, 0.15) is 32.2 Å². The van der Waals surface area contributed by atoms with Crippen LogP contribution in [0.2, 0.25) is 0 Å². The number of halogens is 1. The summed E-state index contributed by atoms with van der Waals surface area (Å²) in [6.07, 6.45) is 0.606. The highest BCUT2D eigenvalue weighted by molar-refractivity contribution is 9.10. The van der Waals surface area contributed by atoms with Crippen LogP contribution >= 0.6 is 15.9 Å². The number of likely N-dealkylation sites (N-methyl/N-ethyl adjacent to an activating group) is 1. The first-order chi connectivity index (χ1) is 13.5. The number of aliphatic hydroxyl groups is 1. The number of aliphatic hydroxyl groups excluding tert-OH is 1. The van der Waals surface area contributed by atoms with Gasteiger partial charge in [-0.15, -0.1) is 0 Å². The fourth-order valence-electron chi connectivity index (χ4n) is 3.48. The molecule has 1 aliphatic heterocycles. The molecule has 3 aromatic rings. The number of nitrogens with zero attached hydrogens (tertiary/aromatic N) is 3. The van der Waals surface area contributed by atoms with Crippen LogP contribution < -0.4 is 0 Å². The number of hydrogen-bond acceptors (Lipinski definition) is 4. The predicted octanol–water partition coefficient (Wildman–Crippen LogP) is 1.92. The van der Waals surface area contributed by atoms with Gasteiger partial charge in [-0.1, -0.05) is 22.0 Å². The lowest BCUT2D eigenvalue weighted by Gasteiger charge is -2.27. The molecular formula is C19H20BrN5O3. The van der Waals surface area contributed by atoms with Gasteiger partial charge in [0.2, 0.25) is 0 Å². The van der Waals surface area contributed by atoms with Gasteiger partial charge in [-0.05, 0) is 18.2 Å². The number of fused-ring (bicyclic) bond motifs is 2. The minimum absolute atomic E-state index is 0.114. The van der Waals surface area contributed by atoms with E-state index in [0.29, 0.717) is 30.9 Å². The van der Waals surface area contributed by atoms with Gasteiger partial charge in [0.15, 0.2) is 5.69 Å². The molecule has 0 spiro atoms. The molecule has 0 radical (unpaired) electrons. The molecule has 8 nitrogen and oxygen atoms in total. The number of carbonyl (C=O) groups excluding carboxylic acids is 2. The van der Waals surface area contributed by atoms with Crippen LogP contribution in [0.15, 0.2) is 28.7 Å². The van der Waals surface area contributed by atoms with Crippen molar-refractivity contribution >= 4 is 38.6 Å². The lowest BCUT2D eigenvalue weighted by Crippen LogP contribution is -2.37. The molecule has 0 atom stereocenters. The van der Waals surface area contributed by atoms with Crippen molar-refractivity contribution in [2.45, 2.75) is 13.0 Å². The second kappa shape index (κ2) is 7.40. The van der Waals surface area contributed by atoms with Crippen LogP contribution in [0.4, 0.5) is 0 Å². The normalized spacial score (nSPS) is 13.6. The molecule has 3 heterocycles. The summed E-state index contributed by atoms with van der Waals surface area (Å²) in [5, 5.41) is 17.1. The highest BCUT2D eigenvalue weighted by atomic mass is 79.9. The highest BCUT2D eigenvalue weighted by Gasteiger charge is 2.30. The molecule has 146 valence electrons. The van der Waals surface area contributed by atoms with Crippen molar-refractivity contribution in [2.24, 2.45) is 0 Å². The Bertz CT molecular complexity index is 1060. The molecule has 9 heteroatoms. The van der Waals surface area contributed by atoms with E-state index < -0.39 is 0 Å². The number of rotatable bonds is 4. The largest absolute Gasteiger partial charge is 0.395 e. The van der Waals surface area contributed by atoms with Crippen LogP contribution in [0, 0.1) is 0 Å². The number of amides is 2. The standard InChI is InChI=1S/C19H20BrN5O3/c1-24(7-8-26)19(28)17-12-10-25(6-5-15(12)22-23-17)18(27)16-9-11-13(20)3-2-4-14(11)21-16/h2-4,9,21,26H,5-8,10H2,1H3,(H,22,23). The summed E-state index contributed by atoms with van der Waals surface area (Å²) in [4.78, 5) is 32.0. The smallest absolute Gasteiger partial charge is 0.274 e. The quantitative estimate of drug-likeness (QED) is 0.570. The molecule has 4 rings (SSSR count). The van der Waals surface area contributed by atoms with Gasteiger partial charge in [0.05, 0.1) is 13.2 Å². The first-order valence-electron chi connectivity index (χ1n) is 8.98. The van der Waals surface area contributed by atoms with Crippen molar-refractivity contribution in [1.29, 1.82) is 0 Å². The number of aromatic amines is 2. The first-order valence-corrected chi connectivity index (χ1v) is 9.78. The molecule has 0 unspecified atom stereocenters. The topological polar surface area (TPSA) is 105 Å². The minimum Gasteiger partial charge on any atom is -0.395 e. The predicted molar refractivity (Wildman–Crippen MR) is 107 cm³/mol. The van der Waals surface area contributed by atoms with Crippen LogP contribution in [-0.2, 0) is 13.0 Å². The van der Waals surface area contributed by atoms with Gasteiger partial charge in [0.1, 0.15) is 5.69 Å². The molecule has 2 aromatic heterocycles. The van der Waals surface area contributed by atoms with E-state index in [4.69, 9.17) is 5.11 Å². The van der Waals surface area contributed by atoms with Gasteiger partial charge in [0, 0.05) is 53.2 Å². The van der Waals surface area contributed by atoms with Gasteiger partial charge in [-0.3, -0.25) is 14.7 Å². The zero-order valence-electron chi connectivity index (χ0n) is 15.3. The van der Waals surface area contributed by atoms with Crippen molar-refractivity contribution < 1.29 is 14.7 Å². The highest BCUT2D eigenvalue weighted by Crippen LogP contribution is 2.27. The third kappa shape index (κ3) is 3.20. The Hall–Kier alpha value is -2.65. The number of hydrogen-bond donors (Lipinski definition) is 3. The number of H-pyrrole nitrogens is 2. The fourth-order valence-corrected chi connectivity index (χ4v) is 3.96. The van der Waals surface area contributed by atoms with Crippen LogP contribution in [0.25, 0.3) is 10.9 Å². The SMILES string of the molecule is CN(CCO)C(=O)c1n[nH]c2c1CN(C(=O)c1cc3c(Br)cccc3[nH]1)CC2. The molecular weight excluding hydrogens is 426 g/mol. The number of aromatic nitrogens is 3. The van der Waals surface area contributed by atoms with E-state index in [1.54, 1.807) is 11.9 Å². The van der Waals surface area contributed by atoms with E-state index in [0.717, 1.165) is 26.6 Å². The van der Waals surface area contributed by atoms with Crippen molar-refractivity contribution in [3.05, 3.63) is 51.4 Å². The second-order valence-corrected chi connectivity index (χ2v) is 7.69. The monoisotopic (exact) mass is 445 g/mol. The summed E-state index contributed by atoms with van der Waals surface area (Å²) in [5.41, 5.74) is 3.33. The van der Waals surface area contributed by atoms with E-state index in [2.05, 4.69) is 31.1 Å². The van der Waals surface area contributed by atoms with E-state index >= 15 is 0 Å². The summed E-state index contributed by atoms with van der Waals surface area (Å²) < 4.78 is 0.927. The zero-order chi connectivity index (χ0) is 19.8. The van der Waals surface area contributed by atoms with Gasteiger partial charge < -0.3 is 19.9 Å². The molecule has 2 amide bonds. The number of carbonyl (C=O) groups is 2. The Balaban J connectivity index is 1.59. The van der Waals surface area contributed by atoms with Crippen LogP contribution in [-0.4, -0.2) is 68.6 Å². The van der Waals surface area contributed by atoms with Crippen LogP contribution in [0.3, 0.4) is 0 Å². The third-order valence-electron chi connectivity index (χ3n) is 5.05. The third-order valence-corrected chi connectivity index (χ3v) is 5.74. The first kappa shape index (κ1) is 18.7. The average molecular weight is 446 g/mol. The summed E-state index contributed by atoms with van der Waals surface area (Å²) in [6.45, 7) is 0.975. The Morgan fingerprint density at radius 3 is 2.96 bits per heavy atom. The Morgan fingerprint density at radius 1 is 1.39 bits per heavy atom. The minimum atomic E-state index is -0.268. The summed E-state index contributed by atoms with van der Waals surface area (Å²) in [7, 11) is 1.62. The molecule has 3 N–H and O–H groups in total. The maximum Gasteiger partial charge on any atom is 0.274 e. The zero-order valence-corrected chi connectivity index (χ0v) is 16.9. The maximum absolute atomic E-state index is 13.1. The molecule has 1 aromatic carbocycles. The molecule has 0 saturated heterocycles. The maximum atomic E-state index is 13.1. The van der Waals surface area contributed by atoms with Gasteiger partial charge in [-0.2, -0.15) is 5.10 Å². The Labute approximate surface area is 169 Å². The summed E-state index contributed by atoms with van der Waals surface area (Å²) in [5.74, 6) is -0.382. The summed E-state index contributed by atoms with van der Waals surface area (Å²) in [6, 6.07) is 7.61. The molecule has 1 aliphatic rings. The Kier molecular flexibility index (Phi) is 4.94. The van der Waals surface area contributed by atoms with Gasteiger partial charge >= 0.3 is 0 Å². The van der Waals surface area contributed by atoms with E-state index in [1.807, 2.05) is 24.3 Å². The van der Waals surface area contributed by atoms with E-state index in [1.165, 1.54) is 4.90 Å². The van der Waals surface area contributed by atoms with E-state index in [-0.39, 0.29) is 25.0 Å². The van der Waals surface area contributed by atoms with Crippen molar-refractivity contribution in [3.63, 3.8) is 0 Å². The molecule has 0 fully saturated rings. The van der Waals surface area contributed by atoms with Crippen LogP contribution in [0.5, 0.6) is 0 Å².